The summed E-state index contributed by atoms with van der Waals surface area (Å²) in [5, 5.41) is 5.30. The van der Waals surface area contributed by atoms with Crippen molar-refractivity contribution < 1.29 is 0 Å². The Morgan fingerprint density at radius 1 is 1.35 bits per heavy atom. The minimum absolute atomic E-state index is 0.381. The van der Waals surface area contributed by atoms with Gasteiger partial charge in [0.15, 0.2) is 0 Å². The summed E-state index contributed by atoms with van der Waals surface area (Å²) in [4.78, 5) is 12.5. The quantitative estimate of drug-likeness (QED) is 0.880. The van der Waals surface area contributed by atoms with Gasteiger partial charge in [0.2, 0.25) is 0 Å². The summed E-state index contributed by atoms with van der Waals surface area (Å²) in [6.45, 7) is 8.36. The number of nitrogens with one attached hydrogen (secondary N) is 1. The molecule has 0 bridgehead atoms. The highest BCUT2D eigenvalue weighted by atomic mass is 32.1. The zero-order chi connectivity index (χ0) is 14.5. The maximum atomic E-state index is 4.54. The van der Waals surface area contributed by atoms with Crippen molar-refractivity contribution in [3.63, 3.8) is 0 Å². The molecule has 0 atom stereocenters. The molecule has 0 amide bonds. The molecule has 0 saturated heterocycles. The van der Waals surface area contributed by atoms with Gasteiger partial charge in [-0.15, -0.1) is 11.3 Å². The van der Waals surface area contributed by atoms with E-state index in [1.165, 1.54) is 10.4 Å². The molecule has 4 nitrogen and oxygen atoms in total. The standard InChI is InChI=1S/C15H22N4S/c1-5-19(9-12-7-6-8-20-12)15-13(11(2)3)14(16-4)17-10-18-15/h6-8,10-11H,5,9H2,1-4H3,(H,16,17,18). The van der Waals surface area contributed by atoms with Crippen molar-refractivity contribution in [3.8, 4) is 0 Å². The van der Waals surface area contributed by atoms with Gasteiger partial charge in [0.25, 0.3) is 0 Å². The second kappa shape index (κ2) is 6.70. The van der Waals surface area contributed by atoms with Crippen LogP contribution in [0, 0.1) is 0 Å². The van der Waals surface area contributed by atoms with Crippen LogP contribution in [-0.2, 0) is 6.54 Å². The molecule has 0 radical (unpaired) electrons. The Hall–Kier alpha value is -1.62. The van der Waals surface area contributed by atoms with Crippen LogP contribution in [0.5, 0.6) is 0 Å². The van der Waals surface area contributed by atoms with E-state index in [-0.39, 0.29) is 0 Å². The highest BCUT2D eigenvalue weighted by Crippen LogP contribution is 2.31. The zero-order valence-electron chi connectivity index (χ0n) is 12.6. The van der Waals surface area contributed by atoms with Gasteiger partial charge in [0, 0.05) is 24.0 Å². The molecular weight excluding hydrogens is 268 g/mol. The van der Waals surface area contributed by atoms with Gasteiger partial charge in [-0.1, -0.05) is 19.9 Å². The normalized spacial score (nSPS) is 10.8. The summed E-state index contributed by atoms with van der Waals surface area (Å²) in [6.07, 6.45) is 1.64. The Balaban J connectivity index is 2.38. The van der Waals surface area contributed by atoms with E-state index < -0.39 is 0 Å². The van der Waals surface area contributed by atoms with Crippen LogP contribution < -0.4 is 10.2 Å². The molecule has 0 aliphatic carbocycles. The average molecular weight is 290 g/mol. The molecule has 2 rings (SSSR count). The summed E-state index contributed by atoms with van der Waals surface area (Å²) in [6, 6.07) is 4.26. The number of hydrogen-bond donors (Lipinski definition) is 1. The fourth-order valence-corrected chi connectivity index (χ4v) is 3.02. The summed E-state index contributed by atoms with van der Waals surface area (Å²) in [5.74, 6) is 2.34. The lowest BCUT2D eigenvalue weighted by molar-refractivity contribution is 0.777. The van der Waals surface area contributed by atoms with Crippen LogP contribution in [0.2, 0.25) is 0 Å². The van der Waals surface area contributed by atoms with Crippen molar-refractivity contribution in [2.45, 2.75) is 33.2 Å². The number of thiophene rings is 1. The maximum absolute atomic E-state index is 4.54. The molecule has 0 saturated carbocycles. The minimum atomic E-state index is 0.381. The molecule has 0 spiro atoms. The minimum Gasteiger partial charge on any atom is -0.373 e. The summed E-state index contributed by atoms with van der Waals surface area (Å²) >= 11 is 1.78. The van der Waals surface area contributed by atoms with Crippen molar-refractivity contribution in [2.24, 2.45) is 0 Å². The molecule has 0 unspecified atom stereocenters. The van der Waals surface area contributed by atoms with Crippen LogP contribution in [0.4, 0.5) is 11.6 Å². The Morgan fingerprint density at radius 3 is 2.70 bits per heavy atom. The third-order valence-corrected chi connectivity index (χ3v) is 4.15. The van der Waals surface area contributed by atoms with Crippen LogP contribution in [0.15, 0.2) is 23.8 Å². The van der Waals surface area contributed by atoms with Crippen LogP contribution in [-0.4, -0.2) is 23.6 Å². The van der Waals surface area contributed by atoms with Gasteiger partial charge in [0.05, 0.1) is 6.54 Å². The van der Waals surface area contributed by atoms with Crippen LogP contribution in [0.3, 0.4) is 0 Å². The Labute approximate surface area is 124 Å². The van der Waals surface area contributed by atoms with Crippen molar-refractivity contribution in [1.82, 2.24) is 9.97 Å². The van der Waals surface area contributed by atoms with E-state index in [4.69, 9.17) is 0 Å². The Bertz CT molecular complexity index is 537. The SMILES string of the molecule is CCN(Cc1cccs1)c1ncnc(NC)c1C(C)C. The van der Waals surface area contributed by atoms with E-state index >= 15 is 0 Å². The Morgan fingerprint density at radius 2 is 2.15 bits per heavy atom. The average Bonchev–Trinajstić information content (AvgIpc) is 2.96. The molecule has 20 heavy (non-hydrogen) atoms. The maximum Gasteiger partial charge on any atom is 0.137 e. The molecule has 108 valence electrons. The fourth-order valence-electron chi connectivity index (χ4n) is 2.30. The van der Waals surface area contributed by atoms with Gasteiger partial charge in [-0.25, -0.2) is 9.97 Å². The molecule has 2 aromatic heterocycles. The summed E-state index contributed by atoms with van der Waals surface area (Å²) in [5.41, 5.74) is 1.19. The van der Waals surface area contributed by atoms with Crippen molar-refractivity contribution >= 4 is 23.0 Å². The van der Waals surface area contributed by atoms with Gasteiger partial charge in [-0.05, 0) is 24.3 Å². The smallest absolute Gasteiger partial charge is 0.137 e. The van der Waals surface area contributed by atoms with Gasteiger partial charge >= 0.3 is 0 Å². The van der Waals surface area contributed by atoms with Gasteiger partial charge in [-0.3, -0.25) is 0 Å². The molecule has 1 N–H and O–H groups in total. The largest absolute Gasteiger partial charge is 0.373 e. The third-order valence-electron chi connectivity index (χ3n) is 3.29. The number of aromatic nitrogens is 2. The predicted octanol–water partition coefficient (Wildman–Crippen LogP) is 3.73. The topological polar surface area (TPSA) is 41.1 Å². The predicted molar refractivity (Wildman–Crippen MR) is 86.7 cm³/mol. The summed E-state index contributed by atoms with van der Waals surface area (Å²) < 4.78 is 0. The first-order chi connectivity index (χ1) is 9.67. The molecule has 0 aliphatic heterocycles. The molecular formula is C15H22N4S. The first-order valence-electron chi connectivity index (χ1n) is 6.97. The van der Waals surface area contributed by atoms with E-state index in [2.05, 4.69) is 58.5 Å². The van der Waals surface area contributed by atoms with Crippen molar-refractivity contribution in [3.05, 3.63) is 34.3 Å². The van der Waals surface area contributed by atoms with E-state index in [1.807, 2.05) is 7.05 Å². The number of rotatable bonds is 6. The number of anilines is 2. The van der Waals surface area contributed by atoms with Crippen molar-refractivity contribution in [1.29, 1.82) is 0 Å². The first-order valence-corrected chi connectivity index (χ1v) is 7.85. The third kappa shape index (κ3) is 3.10. The van der Waals surface area contributed by atoms with Crippen LogP contribution in [0.25, 0.3) is 0 Å². The van der Waals surface area contributed by atoms with Crippen LogP contribution >= 0.6 is 11.3 Å². The highest BCUT2D eigenvalue weighted by Gasteiger charge is 2.18. The zero-order valence-corrected chi connectivity index (χ0v) is 13.4. The lowest BCUT2D eigenvalue weighted by Gasteiger charge is -2.26. The van der Waals surface area contributed by atoms with Gasteiger partial charge < -0.3 is 10.2 Å². The number of hydrogen-bond acceptors (Lipinski definition) is 5. The van der Waals surface area contributed by atoms with E-state index in [0.29, 0.717) is 5.92 Å². The second-order valence-corrected chi connectivity index (χ2v) is 5.99. The molecule has 2 aromatic rings. The molecule has 5 heteroatoms. The fraction of sp³-hybridized carbons (Fsp3) is 0.467. The van der Waals surface area contributed by atoms with Gasteiger partial charge in [0.1, 0.15) is 18.0 Å². The molecule has 0 aromatic carbocycles. The first kappa shape index (κ1) is 14.8. The lowest BCUT2D eigenvalue weighted by atomic mass is 10.0. The molecule has 0 aliphatic rings. The van der Waals surface area contributed by atoms with E-state index in [1.54, 1.807) is 17.7 Å². The Kier molecular flexibility index (Phi) is 4.95. The van der Waals surface area contributed by atoms with Crippen LogP contribution in [0.1, 0.15) is 37.1 Å². The van der Waals surface area contributed by atoms with Crippen molar-refractivity contribution in [2.75, 3.05) is 23.8 Å². The summed E-state index contributed by atoms with van der Waals surface area (Å²) in [7, 11) is 1.91. The number of nitrogens with zero attached hydrogens (tertiary/aromatic N) is 3. The second-order valence-electron chi connectivity index (χ2n) is 4.96. The molecule has 2 heterocycles. The molecule has 0 fully saturated rings. The lowest BCUT2D eigenvalue weighted by Crippen LogP contribution is -2.25. The van der Waals surface area contributed by atoms with E-state index in [0.717, 1.165) is 24.7 Å². The van der Waals surface area contributed by atoms with E-state index in [9.17, 15) is 0 Å². The monoisotopic (exact) mass is 290 g/mol. The van der Waals surface area contributed by atoms with Gasteiger partial charge in [-0.2, -0.15) is 0 Å². The highest BCUT2D eigenvalue weighted by molar-refractivity contribution is 7.09.